The molecule has 2 heterocycles. The third kappa shape index (κ3) is 4.28. The molecule has 0 radical (unpaired) electrons. The van der Waals surface area contributed by atoms with Crippen LogP contribution in [0.4, 0.5) is 0 Å². The number of sulfonamides is 1. The quantitative estimate of drug-likeness (QED) is 0.841. The van der Waals surface area contributed by atoms with Gasteiger partial charge < -0.3 is 5.32 Å². The van der Waals surface area contributed by atoms with Crippen molar-refractivity contribution in [3.8, 4) is 0 Å². The minimum atomic E-state index is -3.22. The fourth-order valence-electron chi connectivity index (χ4n) is 2.46. The summed E-state index contributed by atoms with van der Waals surface area (Å²) in [5, 5.41) is 7.01. The van der Waals surface area contributed by atoms with E-state index in [0.29, 0.717) is 13.1 Å². The maximum Gasteiger partial charge on any atom is 0.224 e. The SMILES string of the molecule is CCn1cc(CNC(=O)[C@@H]2CCCN(S(C)(=O)=O)C2)cn1. The average molecular weight is 314 g/mol. The van der Waals surface area contributed by atoms with Crippen LogP contribution in [-0.4, -0.2) is 47.8 Å². The van der Waals surface area contributed by atoms with Crippen LogP contribution in [0.2, 0.25) is 0 Å². The number of aromatic nitrogens is 2. The number of amides is 1. The van der Waals surface area contributed by atoms with Crippen LogP contribution in [0.25, 0.3) is 0 Å². The van der Waals surface area contributed by atoms with Crippen LogP contribution in [0.1, 0.15) is 25.3 Å². The first-order chi connectivity index (χ1) is 9.90. The average Bonchev–Trinajstić information content (AvgIpc) is 2.92. The maximum absolute atomic E-state index is 12.2. The normalized spacial score (nSPS) is 20.4. The summed E-state index contributed by atoms with van der Waals surface area (Å²) in [5.74, 6) is -0.359. The van der Waals surface area contributed by atoms with E-state index < -0.39 is 10.0 Å². The standard InChI is InChI=1S/C13H22N4O3S/c1-3-16-9-11(8-15-16)7-14-13(18)12-5-4-6-17(10-12)21(2,19)20/h8-9,12H,3-7,10H2,1-2H3,(H,14,18)/t12-/m1/s1. The summed E-state index contributed by atoms with van der Waals surface area (Å²) >= 11 is 0. The van der Waals surface area contributed by atoms with E-state index >= 15 is 0 Å². The van der Waals surface area contributed by atoms with Crippen molar-refractivity contribution in [1.29, 1.82) is 0 Å². The summed E-state index contributed by atoms with van der Waals surface area (Å²) in [6.45, 7) is 4.00. The number of piperidine rings is 1. The summed E-state index contributed by atoms with van der Waals surface area (Å²) < 4.78 is 26.3. The number of carbonyl (C=O) groups excluding carboxylic acids is 1. The van der Waals surface area contributed by atoms with Gasteiger partial charge in [-0.3, -0.25) is 9.48 Å². The van der Waals surface area contributed by atoms with Crippen molar-refractivity contribution in [2.24, 2.45) is 5.92 Å². The molecule has 21 heavy (non-hydrogen) atoms. The summed E-state index contributed by atoms with van der Waals surface area (Å²) in [6.07, 6.45) is 6.26. The Labute approximate surface area is 125 Å². The molecule has 0 unspecified atom stereocenters. The van der Waals surface area contributed by atoms with E-state index in [4.69, 9.17) is 0 Å². The molecule has 1 aromatic rings. The molecule has 8 heteroatoms. The van der Waals surface area contributed by atoms with Crippen molar-refractivity contribution in [3.05, 3.63) is 18.0 Å². The summed E-state index contributed by atoms with van der Waals surface area (Å²) in [5.41, 5.74) is 0.945. The molecule has 1 N–H and O–H groups in total. The lowest BCUT2D eigenvalue weighted by molar-refractivity contribution is -0.126. The van der Waals surface area contributed by atoms with Gasteiger partial charge in [0.15, 0.2) is 0 Å². The molecule has 1 fully saturated rings. The highest BCUT2D eigenvalue weighted by Gasteiger charge is 2.29. The van der Waals surface area contributed by atoms with Gasteiger partial charge in [-0.15, -0.1) is 0 Å². The van der Waals surface area contributed by atoms with E-state index in [-0.39, 0.29) is 18.4 Å². The Morgan fingerprint density at radius 1 is 1.52 bits per heavy atom. The lowest BCUT2D eigenvalue weighted by Gasteiger charge is -2.30. The van der Waals surface area contributed by atoms with Crippen LogP contribution in [0.5, 0.6) is 0 Å². The van der Waals surface area contributed by atoms with Crippen molar-refractivity contribution in [2.75, 3.05) is 19.3 Å². The Bertz CT molecular complexity index is 596. The summed E-state index contributed by atoms with van der Waals surface area (Å²) in [7, 11) is -3.22. The smallest absolute Gasteiger partial charge is 0.224 e. The van der Waals surface area contributed by atoms with Crippen LogP contribution < -0.4 is 5.32 Å². The van der Waals surface area contributed by atoms with Crippen molar-refractivity contribution < 1.29 is 13.2 Å². The van der Waals surface area contributed by atoms with Gasteiger partial charge in [0, 0.05) is 37.9 Å². The van der Waals surface area contributed by atoms with Crippen molar-refractivity contribution >= 4 is 15.9 Å². The molecule has 0 bridgehead atoms. The van der Waals surface area contributed by atoms with Crippen LogP contribution in [0, 0.1) is 5.92 Å². The molecular weight excluding hydrogens is 292 g/mol. The van der Waals surface area contributed by atoms with Gasteiger partial charge in [-0.05, 0) is 19.8 Å². The van der Waals surface area contributed by atoms with Gasteiger partial charge in [-0.1, -0.05) is 0 Å². The molecule has 1 amide bonds. The number of rotatable bonds is 5. The first kappa shape index (κ1) is 16.0. The highest BCUT2D eigenvalue weighted by atomic mass is 32.2. The number of hydrogen-bond acceptors (Lipinski definition) is 4. The zero-order valence-corrected chi connectivity index (χ0v) is 13.3. The van der Waals surface area contributed by atoms with Gasteiger partial charge in [-0.2, -0.15) is 5.10 Å². The second-order valence-corrected chi connectivity index (χ2v) is 7.36. The molecule has 0 saturated carbocycles. The first-order valence-electron chi connectivity index (χ1n) is 7.14. The van der Waals surface area contributed by atoms with E-state index in [1.54, 1.807) is 10.9 Å². The predicted molar refractivity (Wildman–Crippen MR) is 78.9 cm³/mol. The maximum atomic E-state index is 12.2. The Hall–Kier alpha value is -1.41. The molecule has 1 aliphatic rings. The first-order valence-corrected chi connectivity index (χ1v) is 8.99. The largest absolute Gasteiger partial charge is 0.352 e. The Balaban J connectivity index is 1.88. The van der Waals surface area contributed by atoms with Crippen LogP contribution >= 0.6 is 0 Å². The topological polar surface area (TPSA) is 84.3 Å². The lowest BCUT2D eigenvalue weighted by Crippen LogP contribution is -2.44. The third-order valence-electron chi connectivity index (χ3n) is 3.70. The van der Waals surface area contributed by atoms with Crippen molar-refractivity contribution in [1.82, 2.24) is 19.4 Å². The van der Waals surface area contributed by atoms with E-state index in [2.05, 4.69) is 10.4 Å². The highest BCUT2D eigenvalue weighted by molar-refractivity contribution is 7.88. The minimum absolute atomic E-state index is 0.0902. The fourth-order valence-corrected chi connectivity index (χ4v) is 3.37. The van der Waals surface area contributed by atoms with Gasteiger partial charge in [0.05, 0.1) is 18.4 Å². The molecule has 1 aromatic heterocycles. The van der Waals surface area contributed by atoms with Gasteiger partial charge in [0.25, 0.3) is 0 Å². The van der Waals surface area contributed by atoms with Crippen molar-refractivity contribution in [2.45, 2.75) is 32.9 Å². The molecule has 0 aliphatic carbocycles. The van der Waals surface area contributed by atoms with Gasteiger partial charge in [0.1, 0.15) is 0 Å². The van der Waals surface area contributed by atoms with E-state index in [1.165, 1.54) is 10.6 Å². The van der Waals surface area contributed by atoms with E-state index in [0.717, 1.165) is 24.9 Å². The van der Waals surface area contributed by atoms with Gasteiger partial charge in [-0.25, -0.2) is 12.7 Å². The monoisotopic (exact) mass is 314 g/mol. The van der Waals surface area contributed by atoms with E-state index in [9.17, 15) is 13.2 Å². The van der Waals surface area contributed by atoms with Crippen LogP contribution in [-0.2, 0) is 27.9 Å². The molecule has 1 saturated heterocycles. The zero-order chi connectivity index (χ0) is 15.5. The molecule has 118 valence electrons. The van der Waals surface area contributed by atoms with Crippen LogP contribution in [0.15, 0.2) is 12.4 Å². The molecule has 7 nitrogen and oxygen atoms in total. The molecule has 1 aliphatic heterocycles. The number of aryl methyl sites for hydroxylation is 1. The number of carbonyl (C=O) groups is 1. The molecule has 1 atom stereocenters. The van der Waals surface area contributed by atoms with E-state index in [1.807, 2.05) is 13.1 Å². The Morgan fingerprint density at radius 2 is 2.29 bits per heavy atom. The van der Waals surface area contributed by atoms with Crippen molar-refractivity contribution in [3.63, 3.8) is 0 Å². The second-order valence-electron chi connectivity index (χ2n) is 5.38. The molecule has 0 spiro atoms. The Kier molecular flexibility index (Phi) is 5.00. The molecular formula is C13H22N4O3S. The van der Waals surface area contributed by atoms with Crippen LogP contribution in [0.3, 0.4) is 0 Å². The lowest BCUT2D eigenvalue weighted by atomic mass is 9.99. The highest BCUT2D eigenvalue weighted by Crippen LogP contribution is 2.18. The number of hydrogen-bond donors (Lipinski definition) is 1. The Morgan fingerprint density at radius 3 is 2.90 bits per heavy atom. The predicted octanol–water partition coefficient (Wildman–Crippen LogP) is 0.191. The minimum Gasteiger partial charge on any atom is -0.352 e. The second kappa shape index (κ2) is 6.57. The summed E-state index contributed by atoms with van der Waals surface area (Å²) in [4.78, 5) is 12.2. The number of nitrogens with one attached hydrogen (secondary N) is 1. The molecule has 0 aromatic carbocycles. The van der Waals surface area contributed by atoms with Gasteiger partial charge >= 0.3 is 0 Å². The van der Waals surface area contributed by atoms with Gasteiger partial charge in [0.2, 0.25) is 15.9 Å². The fraction of sp³-hybridized carbons (Fsp3) is 0.692. The third-order valence-corrected chi connectivity index (χ3v) is 4.97. The summed E-state index contributed by atoms with van der Waals surface area (Å²) in [6, 6.07) is 0. The zero-order valence-electron chi connectivity index (χ0n) is 12.4. The number of nitrogens with zero attached hydrogens (tertiary/aromatic N) is 3. The molecule has 2 rings (SSSR count).